The quantitative estimate of drug-likeness (QED) is 0.550. The zero-order valence-corrected chi connectivity index (χ0v) is 9.91. The van der Waals surface area contributed by atoms with Gasteiger partial charge in [-0.2, -0.15) is 0 Å². The maximum absolute atomic E-state index is 11.6. The molecule has 0 aliphatic carbocycles. The van der Waals surface area contributed by atoms with Crippen molar-refractivity contribution in [3.63, 3.8) is 0 Å². The first-order valence-electron chi connectivity index (χ1n) is 4.60. The van der Waals surface area contributed by atoms with Crippen LogP contribution >= 0.6 is 15.9 Å². The van der Waals surface area contributed by atoms with E-state index in [2.05, 4.69) is 20.7 Å². The average molecular weight is 264 g/mol. The summed E-state index contributed by atoms with van der Waals surface area (Å²) in [4.78, 5) is 24.3. The molecule has 2 atom stereocenters. The molecule has 0 radical (unpaired) electrons. The van der Waals surface area contributed by atoms with Crippen molar-refractivity contribution in [1.82, 2.24) is 4.90 Å². The minimum atomic E-state index is -0.382. The molecule has 0 spiro atoms. The smallest absolute Gasteiger partial charge is 0.328 e. The number of amides is 1. The average Bonchev–Trinajstić information content (AvgIpc) is 2.63. The van der Waals surface area contributed by atoms with Gasteiger partial charge in [0.15, 0.2) is 0 Å². The van der Waals surface area contributed by atoms with Crippen LogP contribution in [0.5, 0.6) is 0 Å². The van der Waals surface area contributed by atoms with Crippen LogP contribution in [-0.4, -0.2) is 41.3 Å². The number of carbonyl (C=O) groups excluding carboxylic acids is 2. The van der Waals surface area contributed by atoms with Crippen molar-refractivity contribution in [2.24, 2.45) is 0 Å². The van der Waals surface area contributed by atoms with E-state index in [0.717, 1.165) is 6.42 Å². The Bertz CT molecular complexity index is 242. The molecule has 0 bridgehead atoms. The molecule has 1 fully saturated rings. The first-order chi connectivity index (χ1) is 6.57. The number of hydrogen-bond acceptors (Lipinski definition) is 3. The van der Waals surface area contributed by atoms with E-state index in [1.165, 1.54) is 7.11 Å². The fraction of sp³-hybridized carbons (Fsp3) is 0.778. The van der Waals surface area contributed by atoms with Crippen LogP contribution in [0.25, 0.3) is 0 Å². The van der Waals surface area contributed by atoms with E-state index in [4.69, 9.17) is 0 Å². The molecule has 1 saturated heterocycles. The number of alkyl halides is 1. The molecule has 1 amide bonds. The van der Waals surface area contributed by atoms with Crippen molar-refractivity contribution in [3.8, 4) is 0 Å². The lowest BCUT2D eigenvalue weighted by atomic mass is 10.2. The van der Waals surface area contributed by atoms with Gasteiger partial charge in [0.05, 0.1) is 11.9 Å². The largest absolute Gasteiger partial charge is 0.467 e. The van der Waals surface area contributed by atoms with Crippen LogP contribution in [-0.2, 0) is 14.3 Å². The lowest BCUT2D eigenvalue weighted by Crippen LogP contribution is -2.43. The van der Waals surface area contributed by atoms with Crippen molar-refractivity contribution in [3.05, 3.63) is 0 Å². The number of likely N-dealkylation sites (tertiary alicyclic amines) is 1. The van der Waals surface area contributed by atoms with E-state index in [0.29, 0.717) is 13.0 Å². The van der Waals surface area contributed by atoms with Gasteiger partial charge in [0.2, 0.25) is 5.91 Å². The van der Waals surface area contributed by atoms with E-state index in [1.807, 2.05) is 0 Å². The van der Waals surface area contributed by atoms with Crippen LogP contribution in [0.2, 0.25) is 0 Å². The molecular formula is C9H14BrNO3. The maximum atomic E-state index is 11.6. The first kappa shape index (κ1) is 11.5. The molecule has 14 heavy (non-hydrogen) atoms. The minimum Gasteiger partial charge on any atom is -0.467 e. The monoisotopic (exact) mass is 263 g/mol. The summed E-state index contributed by atoms with van der Waals surface area (Å²) in [6, 6.07) is -0.382. The number of nitrogens with zero attached hydrogens (tertiary/aromatic N) is 1. The molecule has 4 nitrogen and oxygen atoms in total. The second-order valence-corrected chi connectivity index (χ2v) is 4.70. The van der Waals surface area contributed by atoms with Crippen molar-refractivity contribution in [2.45, 2.75) is 30.6 Å². The normalized spacial score (nSPS) is 23.4. The highest BCUT2D eigenvalue weighted by molar-refractivity contribution is 9.10. The van der Waals surface area contributed by atoms with Crippen molar-refractivity contribution < 1.29 is 14.3 Å². The molecule has 1 heterocycles. The highest BCUT2D eigenvalue weighted by Gasteiger charge is 2.35. The van der Waals surface area contributed by atoms with E-state index >= 15 is 0 Å². The van der Waals surface area contributed by atoms with Gasteiger partial charge in [-0.25, -0.2) is 4.79 Å². The number of hydrogen-bond donors (Lipinski definition) is 0. The number of methoxy groups -OCH3 is 1. The molecular weight excluding hydrogens is 250 g/mol. The summed E-state index contributed by atoms with van der Waals surface area (Å²) in [6.45, 7) is 2.41. The van der Waals surface area contributed by atoms with Gasteiger partial charge in [0.25, 0.3) is 0 Å². The van der Waals surface area contributed by atoms with Crippen molar-refractivity contribution >= 4 is 27.8 Å². The third-order valence-electron chi connectivity index (χ3n) is 2.35. The molecule has 0 saturated carbocycles. The zero-order valence-electron chi connectivity index (χ0n) is 8.33. The van der Waals surface area contributed by atoms with Crippen LogP contribution in [0.3, 0.4) is 0 Å². The topological polar surface area (TPSA) is 46.6 Å². The number of halogens is 1. The van der Waals surface area contributed by atoms with E-state index < -0.39 is 0 Å². The van der Waals surface area contributed by atoms with E-state index in [-0.39, 0.29) is 22.7 Å². The molecule has 0 aromatic carbocycles. The number of esters is 1. The maximum Gasteiger partial charge on any atom is 0.328 e. The third-order valence-corrected chi connectivity index (χ3v) is 2.74. The van der Waals surface area contributed by atoms with E-state index in [9.17, 15) is 9.59 Å². The summed E-state index contributed by atoms with van der Waals surface area (Å²) >= 11 is 3.21. The van der Waals surface area contributed by atoms with Crippen LogP contribution in [0.15, 0.2) is 0 Å². The molecule has 5 heteroatoms. The number of ether oxygens (including phenoxy) is 1. The lowest BCUT2D eigenvalue weighted by Gasteiger charge is -2.23. The Hall–Kier alpha value is -0.580. The van der Waals surface area contributed by atoms with Gasteiger partial charge < -0.3 is 9.64 Å². The van der Waals surface area contributed by atoms with Gasteiger partial charge in [-0.05, 0) is 19.8 Å². The summed E-state index contributed by atoms with van der Waals surface area (Å²) in [5.41, 5.74) is 0. The molecule has 0 aromatic heterocycles. The first-order valence-corrected chi connectivity index (χ1v) is 5.52. The summed E-state index contributed by atoms with van der Waals surface area (Å²) in [5.74, 6) is -0.359. The third kappa shape index (κ3) is 2.26. The number of rotatable bonds is 2. The van der Waals surface area contributed by atoms with Gasteiger partial charge in [0, 0.05) is 6.54 Å². The summed E-state index contributed by atoms with van der Waals surface area (Å²) in [6.07, 6.45) is 1.57. The lowest BCUT2D eigenvalue weighted by molar-refractivity contribution is -0.150. The fourth-order valence-electron chi connectivity index (χ4n) is 1.64. The molecule has 0 unspecified atom stereocenters. The van der Waals surface area contributed by atoms with Crippen LogP contribution in [0, 0.1) is 0 Å². The fourth-order valence-corrected chi connectivity index (χ4v) is 1.90. The standard InChI is InChI=1S/C9H14BrNO3/c1-6(10)8(12)11-5-3-4-7(11)9(13)14-2/h6-7H,3-5H2,1-2H3/t6-,7-/m0/s1. The second-order valence-electron chi connectivity index (χ2n) is 3.33. The molecule has 80 valence electrons. The molecule has 0 aromatic rings. The number of carbonyl (C=O) groups is 2. The highest BCUT2D eigenvalue weighted by atomic mass is 79.9. The van der Waals surface area contributed by atoms with E-state index in [1.54, 1.807) is 11.8 Å². The Morgan fingerprint density at radius 1 is 1.57 bits per heavy atom. The van der Waals surface area contributed by atoms with Crippen LogP contribution in [0.1, 0.15) is 19.8 Å². The summed E-state index contributed by atoms with van der Waals surface area (Å²) < 4.78 is 4.65. The van der Waals surface area contributed by atoms with Crippen LogP contribution in [0.4, 0.5) is 0 Å². The highest BCUT2D eigenvalue weighted by Crippen LogP contribution is 2.20. The molecule has 1 aliphatic heterocycles. The second kappa shape index (κ2) is 4.77. The Labute approximate surface area is 91.7 Å². The molecule has 1 aliphatic rings. The Morgan fingerprint density at radius 2 is 2.21 bits per heavy atom. The van der Waals surface area contributed by atoms with Gasteiger partial charge in [0.1, 0.15) is 6.04 Å². The van der Waals surface area contributed by atoms with Gasteiger partial charge in [-0.15, -0.1) is 0 Å². The van der Waals surface area contributed by atoms with Gasteiger partial charge >= 0.3 is 5.97 Å². The SMILES string of the molecule is COC(=O)[C@@H]1CCCN1C(=O)[C@H](C)Br. The minimum absolute atomic E-state index is 0.0436. The van der Waals surface area contributed by atoms with Crippen molar-refractivity contribution in [1.29, 1.82) is 0 Å². The summed E-state index contributed by atoms with van der Waals surface area (Å²) in [7, 11) is 1.35. The van der Waals surface area contributed by atoms with Gasteiger partial charge in [-0.1, -0.05) is 15.9 Å². The Morgan fingerprint density at radius 3 is 2.71 bits per heavy atom. The predicted octanol–water partition coefficient (Wildman–Crippen LogP) is 0.934. The molecule has 1 rings (SSSR count). The molecule has 0 N–H and O–H groups in total. The predicted molar refractivity (Wildman–Crippen MR) is 55.1 cm³/mol. The van der Waals surface area contributed by atoms with Crippen LogP contribution < -0.4 is 0 Å². The van der Waals surface area contributed by atoms with Crippen molar-refractivity contribution in [2.75, 3.05) is 13.7 Å². The Kier molecular flexibility index (Phi) is 3.92. The van der Waals surface area contributed by atoms with Gasteiger partial charge in [-0.3, -0.25) is 4.79 Å². The summed E-state index contributed by atoms with van der Waals surface area (Å²) in [5, 5.41) is 0. The Balaban J connectivity index is 2.68. The zero-order chi connectivity index (χ0) is 10.7.